The van der Waals surface area contributed by atoms with Gasteiger partial charge in [-0.1, -0.05) is 0 Å². The number of nitrogens with two attached hydrogens (primary N) is 1. The molecule has 1 saturated heterocycles. The standard InChI is InChI=1S/C11H14FN3O2/c12-8-1-2-9(13)10(7-8)14-11(16)15-3-5-17-6-4-15/h1-2,7H,3-6,13H2,(H,14,16). The van der Waals surface area contributed by atoms with Crippen molar-refractivity contribution in [3.05, 3.63) is 24.0 Å². The zero-order valence-electron chi connectivity index (χ0n) is 9.28. The van der Waals surface area contributed by atoms with Crippen LogP contribution in [-0.4, -0.2) is 37.2 Å². The summed E-state index contributed by atoms with van der Waals surface area (Å²) < 4.78 is 18.1. The molecule has 1 heterocycles. The Bertz CT molecular complexity index is 419. The van der Waals surface area contributed by atoms with Crippen molar-refractivity contribution in [2.45, 2.75) is 0 Å². The number of nitrogens with one attached hydrogen (secondary N) is 1. The predicted molar refractivity (Wildman–Crippen MR) is 62.2 cm³/mol. The van der Waals surface area contributed by atoms with E-state index in [2.05, 4.69) is 5.32 Å². The third-order valence-corrected chi connectivity index (χ3v) is 2.56. The Hall–Kier alpha value is -1.82. The molecule has 0 saturated carbocycles. The lowest BCUT2D eigenvalue weighted by Crippen LogP contribution is -2.43. The first-order valence-electron chi connectivity index (χ1n) is 5.35. The second-order valence-corrected chi connectivity index (χ2v) is 3.76. The first kappa shape index (κ1) is 11.7. The summed E-state index contributed by atoms with van der Waals surface area (Å²) in [6.45, 7) is 2.10. The summed E-state index contributed by atoms with van der Waals surface area (Å²) in [5.41, 5.74) is 6.28. The van der Waals surface area contributed by atoms with Crippen molar-refractivity contribution in [2.75, 3.05) is 37.4 Å². The number of nitrogens with zero attached hydrogens (tertiary/aromatic N) is 1. The highest BCUT2D eigenvalue weighted by Gasteiger charge is 2.17. The second-order valence-electron chi connectivity index (χ2n) is 3.76. The van der Waals surface area contributed by atoms with Crippen molar-refractivity contribution >= 4 is 17.4 Å². The maximum atomic E-state index is 13.0. The first-order valence-corrected chi connectivity index (χ1v) is 5.35. The fraction of sp³-hybridized carbons (Fsp3) is 0.364. The number of urea groups is 1. The Morgan fingerprint density at radius 1 is 1.41 bits per heavy atom. The molecule has 0 aromatic heterocycles. The molecule has 0 atom stereocenters. The summed E-state index contributed by atoms with van der Waals surface area (Å²) >= 11 is 0. The van der Waals surface area contributed by atoms with Gasteiger partial charge in [0.15, 0.2) is 0 Å². The molecular weight excluding hydrogens is 225 g/mol. The number of amides is 2. The monoisotopic (exact) mass is 239 g/mol. The molecule has 1 aromatic carbocycles. The molecule has 1 fully saturated rings. The minimum atomic E-state index is -0.434. The number of morpholine rings is 1. The van der Waals surface area contributed by atoms with Crippen LogP contribution in [0.2, 0.25) is 0 Å². The summed E-state index contributed by atoms with van der Waals surface area (Å²) in [5.74, 6) is -0.434. The van der Waals surface area contributed by atoms with Gasteiger partial charge in [0.1, 0.15) is 5.82 Å². The van der Waals surface area contributed by atoms with Crippen molar-refractivity contribution < 1.29 is 13.9 Å². The van der Waals surface area contributed by atoms with Crippen LogP contribution in [-0.2, 0) is 4.74 Å². The third kappa shape index (κ3) is 2.85. The molecule has 0 unspecified atom stereocenters. The van der Waals surface area contributed by atoms with E-state index in [-0.39, 0.29) is 6.03 Å². The van der Waals surface area contributed by atoms with E-state index in [9.17, 15) is 9.18 Å². The normalized spacial score (nSPS) is 15.7. The van der Waals surface area contributed by atoms with Crippen LogP contribution in [0.3, 0.4) is 0 Å². The fourth-order valence-electron chi connectivity index (χ4n) is 1.60. The number of anilines is 2. The van der Waals surface area contributed by atoms with E-state index in [1.54, 1.807) is 4.90 Å². The van der Waals surface area contributed by atoms with Crippen LogP contribution < -0.4 is 11.1 Å². The Labute approximate surface area is 98.3 Å². The molecular formula is C11H14FN3O2. The molecule has 2 rings (SSSR count). The summed E-state index contributed by atoms with van der Waals surface area (Å²) in [5, 5.41) is 2.59. The van der Waals surface area contributed by atoms with Crippen molar-refractivity contribution in [3.8, 4) is 0 Å². The van der Waals surface area contributed by atoms with Gasteiger partial charge in [0, 0.05) is 13.1 Å². The summed E-state index contributed by atoms with van der Waals surface area (Å²) in [4.78, 5) is 13.4. The number of hydrogen-bond acceptors (Lipinski definition) is 3. The van der Waals surface area contributed by atoms with Gasteiger partial charge >= 0.3 is 6.03 Å². The fourth-order valence-corrected chi connectivity index (χ4v) is 1.60. The number of ether oxygens (including phenoxy) is 1. The Kier molecular flexibility index (Phi) is 3.43. The minimum absolute atomic E-state index is 0.286. The van der Waals surface area contributed by atoms with Crippen LogP contribution in [0.25, 0.3) is 0 Å². The number of carbonyl (C=O) groups excluding carboxylic acids is 1. The Morgan fingerprint density at radius 3 is 2.82 bits per heavy atom. The lowest BCUT2D eigenvalue weighted by Gasteiger charge is -2.27. The quantitative estimate of drug-likeness (QED) is 0.725. The van der Waals surface area contributed by atoms with E-state index in [1.165, 1.54) is 18.2 Å². The van der Waals surface area contributed by atoms with Crippen molar-refractivity contribution in [1.29, 1.82) is 0 Å². The van der Waals surface area contributed by atoms with Gasteiger partial charge in [-0.3, -0.25) is 0 Å². The van der Waals surface area contributed by atoms with Crippen LogP contribution in [0.15, 0.2) is 18.2 Å². The minimum Gasteiger partial charge on any atom is -0.397 e. The molecule has 1 aliphatic rings. The third-order valence-electron chi connectivity index (χ3n) is 2.56. The van der Waals surface area contributed by atoms with E-state index in [1.807, 2.05) is 0 Å². The van der Waals surface area contributed by atoms with Crippen LogP contribution in [0.4, 0.5) is 20.6 Å². The van der Waals surface area contributed by atoms with Gasteiger partial charge in [-0.25, -0.2) is 9.18 Å². The Balaban J connectivity index is 2.04. The molecule has 5 nitrogen and oxygen atoms in total. The lowest BCUT2D eigenvalue weighted by molar-refractivity contribution is 0.0564. The number of benzene rings is 1. The molecule has 0 bridgehead atoms. The molecule has 0 aliphatic carbocycles. The predicted octanol–water partition coefficient (Wildman–Crippen LogP) is 1.27. The second kappa shape index (κ2) is 5.01. The summed E-state index contributed by atoms with van der Waals surface area (Å²) in [6.07, 6.45) is 0. The average molecular weight is 239 g/mol. The van der Waals surface area contributed by atoms with Crippen molar-refractivity contribution in [1.82, 2.24) is 4.90 Å². The molecule has 0 spiro atoms. The average Bonchev–Trinajstić information content (AvgIpc) is 2.35. The molecule has 2 amide bonds. The molecule has 6 heteroatoms. The highest BCUT2D eigenvalue weighted by molar-refractivity contribution is 5.92. The SMILES string of the molecule is Nc1ccc(F)cc1NC(=O)N1CCOCC1. The van der Waals surface area contributed by atoms with Gasteiger partial charge in [-0.05, 0) is 18.2 Å². The van der Waals surface area contributed by atoms with E-state index >= 15 is 0 Å². The van der Waals surface area contributed by atoms with Crippen LogP contribution in [0.1, 0.15) is 0 Å². The van der Waals surface area contributed by atoms with Gasteiger partial charge in [-0.2, -0.15) is 0 Å². The molecule has 3 N–H and O–H groups in total. The highest BCUT2D eigenvalue weighted by Crippen LogP contribution is 2.19. The van der Waals surface area contributed by atoms with E-state index in [0.717, 1.165) is 0 Å². The maximum Gasteiger partial charge on any atom is 0.322 e. The largest absolute Gasteiger partial charge is 0.397 e. The van der Waals surface area contributed by atoms with Gasteiger partial charge in [-0.15, -0.1) is 0 Å². The van der Waals surface area contributed by atoms with Gasteiger partial charge in [0.2, 0.25) is 0 Å². The number of rotatable bonds is 1. The molecule has 92 valence electrons. The zero-order chi connectivity index (χ0) is 12.3. The molecule has 17 heavy (non-hydrogen) atoms. The van der Waals surface area contributed by atoms with E-state index in [4.69, 9.17) is 10.5 Å². The number of carbonyl (C=O) groups is 1. The Morgan fingerprint density at radius 2 is 2.12 bits per heavy atom. The van der Waals surface area contributed by atoms with Crippen LogP contribution in [0.5, 0.6) is 0 Å². The highest BCUT2D eigenvalue weighted by atomic mass is 19.1. The van der Waals surface area contributed by atoms with Crippen molar-refractivity contribution in [3.63, 3.8) is 0 Å². The summed E-state index contributed by atoms with van der Waals surface area (Å²) in [6, 6.07) is 3.59. The summed E-state index contributed by atoms with van der Waals surface area (Å²) in [7, 11) is 0. The number of hydrogen-bond donors (Lipinski definition) is 2. The number of nitrogen functional groups attached to an aromatic ring is 1. The smallest absolute Gasteiger partial charge is 0.322 e. The molecule has 1 aliphatic heterocycles. The van der Waals surface area contributed by atoms with Gasteiger partial charge in [0.05, 0.1) is 24.6 Å². The maximum absolute atomic E-state index is 13.0. The topological polar surface area (TPSA) is 67.6 Å². The van der Waals surface area contributed by atoms with E-state index in [0.29, 0.717) is 37.7 Å². The molecule has 1 aromatic rings. The first-order chi connectivity index (χ1) is 8.16. The number of halogens is 1. The van der Waals surface area contributed by atoms with Gasteiger partial charge < -0.3 is 20.7 Å². The van der Waals surface area contributed by atoms with Gasteiger partial charge in [0.25, 0.3) is 0 Å². The van der Waals surface area contributed by atoms with Crippen LogP contribution >= 0.6 is 0 Å². The zero-order valence-corrected chi connectivity index (χ0v) is 9.28. The lowest BCUT2D eigenvalue weighted by atomic mass is 10.2. The van der Waals surface area contributed by atoms with Crippen molar-refractivity contribution in [2.24, 2.45) is 0 Å². The molecule has 0 radical (unpaired) electrons. The van der Waals surface area contributed by atoms with Crippen LogP contribution in [0, 0.1) is 5.82 Å². The van der Waals surface area contributed by atoms with E-state index < -0.39 is 5.82 Å².